The van der Waals surface area contributed by atoms with E-state index in [1.165, 1.54) is 0 Å². The molecule has 6 heteroatoms. The fraction of sp³-hybridized carbons (Fsp3) is 0.857. The number of hydrogen-bond acceptors (Lipinski definition) is 4. The second-order valence-electron chi connectivity index (χ2n) is 6.73. The number of carbonyl (C=O) groups excluding carboxylic acids is 2. The zero-order chi connectivity index (χ0) is 14.9. The topological polar surface area (TPSA) is 75.9 Å². The standard InChI is InChI=1S/C14H25N3O3/c1-14(2,3)20-13(19)16-6-4-5-11(9-16)17-8-10(15)7-12(17)18/h10-11H,4-9,15H2,1-3H3/t10?,11-/m1/s1. The summed E-state index contributed by atoms with van der Waals surface area (Å²) < 4.78 is 5.39. The zero-order valence-electron chi connectivity index (χ0n) is 12.6. The quantitative estimate of drug-likeness (QED) is 0.777. The van der Waals surface area contributed by atoms with Gasteiger partial charge in [-0.2, -0.15) is 0 Å². The first-order chi connectivity index (χ1) is 9.26. The molecule has 2 aliphatic rings. The third-order valence-electron chi connectivity index (χ3n) is 3.68. The van der Waals surface area contributed by atoms with Gasteiger partial charge in [0.1, 0.15) is 5.60 Å². The van der Waals surface area contributed by atoms with E-state index >= 15 is 0 Å². The van der Waals surface area contributed by atoms with Crippen molar-refractivity contribution in [2.24, 2.45) is 5.73 Å². The average molecular weight is 283 g/mol. The van der Waals surface area contributed by atoms with Crippen molar-refractivity contribution >= 4 is 12.0 Å². The minimum atomic E-state index is -0.490. The lowest BCUT2D eigenvalue weighted by Gasteiger charge is -2.38. The summed E-state index contributed by atoms with van der Waals surface area (Å²) in [5.74, 6) is 0.105. The predicted molar refractivity (Wildman–Crippen MR) is 75.1 cm³/mol. The van der Waals surface area contributed by atoms with Gasteiger partial charge in [0.25, 0.3) is 0 Å². The van der Waals surface area contributed by atoms with Gasteiger partial charge in [-0.15, -0.1) is 0 Å². The van der Waals surface area contributed by atoms with Gasteiger partial charge in [-0.05, 0) is 33.6 Å². The highest BCUT2D eigenvalue weighted by Gasteiger charge is 2.36. The fourth-order valence-corrected chi connectivity index (χ4v) is 2.81. The lowest BCUT2D eigenvalue weighted by atomic mass is 10.0. The SMILES string of the molecule is CC(C)(C)OC(=O)N1CCC[C@@H](N2CC(N)CC2=O)C1. The molecule has 2 heterocycles. The number of rotatable bonds is 1. The highest BCUT2D eigenvalue weighted by Crippen LogP contribution is 2.22. The van der Waals surface area contributed by atoms with Gasteiger partial charge in [-0.25, -0.2) is 4.79 Å². The van der Waals surface area contributed by atoms with Crippen LogP contribution in [0.4, 0.5) is 4.79 Å². The normalized spacial score (nSPS) is 27.9. The van der Waals surface area contributed by atoms with Gasteiger partial charge in [-0.1, -0.05) is 0 Å². The van der Waals surface area contributed by atoms with Crippen LogP contribution in [0.1, 0.15) is 40.0 Å². The van der Waals surface area contributed by atoms with E-state index in [0.29, 0.717) is 26.1 Å². The molecule has 2 amide bonds. The van der Waals surface area contributed by atoms with E-state index in [2.05, 4.69) is 0 Å². The van der Waals surface area contributed by atoms with E-state index in [0.717, 1.165) is 12.8 Å². The molecule has 0 aromatic carbocycles. The third kappa shape index (κ3) is 3.62. The van der Waals surface area contributed by atoms with Gasteiger partial charge >= 0.3 is 6.09 Å². The van der Waals surface area contributed by atoms with E-state index < -0.39 is 5.60 Å². The Bertz CT molecular complexity index is 392. The third-order valence-corrected chi connectivity index (χ3v) is 3.68. The molecule has 0 saturated carbocycles. The Morgan fingerprint density at radius 1 is 1.35 bits per heavy atom. The summed E-state index contributed by atoms with van der Waals surface area (Å²) in [4.78, 5) is 27.5. The Kier molecular flexibility index (Phi) is 4.22. The molecule has 1 unspecified atom stereocenters. The van der Waals surface area contributed by atoms with Crippen LogP contribution in [-0.2, 0) is 9.53 Å². The molecular formula is C14H25N3O3. The van der Waals surface area contributed by atoms with E-state index in [-0.39, 0.29) is 24.1 Å². The maximum atomic E-state index is 12.1. The minimum Gasteiger partial charge on any atom is -0.444 e. The van der Waals surface area contributed by atoms with Crippen molar-refractivity contribution in [3.05, 3.63) is 0 Å². The maximum Gasteiger partial charge on any atom is 0.410 e. The molecule has 2 atom stereocenters. The van der Waals surface area contributed by atoms with Crippen LogP contribution in [-0.4, -0.2) is 59.1 Å². The number of piperidine rings is 1. The first-order valence-corrected chi connectivity index (χ1v) is 7.29. The summed E-state index contributed by atoms with van der Waals surface area (Å²) in [6.45, 7) is 7.42. The van der Waals surface area contributed by atoms with Crippen molar-refractivity contribution in [1.29, 1.82) is 0 Å². The molecule has 6 nitrogen and oxygen atoms in total. The molecule has 2 rings (SSSR count). The van der Waals surface area contributed by atoms with Crippen molar-refractivity contribution in [2.75, 3.05) is 19.6 Å². The van der Waals surface area contributed by atoms with Crippen molar-refractivity contribution in [3.63, 3.8) is 0 Å². The molecule has 20 heavy (non-hydrogen) atoms. The molecule has 2 fully saturated rings. The fourth-order valence-electron chi connectivity index (χ4n) is 2.81. The number of likely N-dealkylation sites (tertiary alicyclic amines) is 2. The molecule has 2 aliphatic heterocycles. The highest BCUT2D eigenvalue weighted by molar-refractivity contribution is 5.79. The van der Waals surface area contributed by atoms with Crippen molar-refractivity contribution in [3.8, 4) is 0 Å². The van der Waals surface area contributed by atoms with Crippen LogP contribution in [0.2, 0.25) is 0 Å². The maximum absolute atomic E-state index is 12.1. The lowest BCUT2D eigenvalue weighted by Crippen LogP contribution is -2.51. The monoisotopic (exact) mass is 283 g/mol. The summed E-state index contributed by atoms with van der Waals surface area (Å²) in [5, 5.41) is 0. The molecule has 0 aromatic heterocycles. The number of carbonyl (C=O) groups is 2. The van der Waals surface area contributed by atoms with E-state index in [1.807, 2.05) is 25.7 Å². The summed E-state index contributed by atoms with van der Waals surface area (Å²) in [5.41, 5.74) is 5.34. The van der Waals surface area contributed by atoms with Crippen LogP contribution in [0.15, 0.2) is 0 Å². The number of ether oxygens (including phenoxy) is 1. The molecule has 114 valence electrons. The summed E-state index contributed by atoms with van der Waals surface area (Å²) in [7, 11) is 0. The summed E-state index contributed by atoms with van der Waals surface area (Å²) in [6, 6.07) is 0.0109. The Morgan fingerprint density at radius 3 is 2.60 bits per heavy atom. The Morgan fingerprint density at radius 2 is 2.05 bits per heavy atom. The number of hydrogen-bond donors (Lipinski definition) is 1. The van der Waals surface area contributed by atoms with E-state index in [4.69, 9.17) is 10.5 Å². The van der Waals surface area contributed by atoms with Crippen LogP contribution in [0, 0.1) is 0 Å². The molecule has 0 aromatic rings. The van der Waals surface area contributed by atoms with Gasteiger partial charge in [0.05, 0.1) is 0 Å². The zero-order valence-corrected chi connectivity index (χ0v) is 12.6. The van der Waals surface area contributed by atoms with Crippen LogP contribution in [0.5, 0.6) is 0 Å². The molecule has 0 bridgehead atoms. The van der Waals surface area contributed by atoms with Gasteiger partial charge in [0, 0.05) is 38.1 Å². The van der Waals surface area contributed by atoms with Gasteiger partial charge in [0.2, 0.25) is 5.91 Å². The summed E-state index contributed by atoms with van der Waals surface area (Å²) in [6.07, 6.45) is 1.95. The molecule has 0 radical (unpaired) electrons. The van der Waals surface area contributed by atoms with Crippen molar-refractivity contribution in [1.82, 2.24) is 9.80 Å². The van der Waals surface area contributed by atoms with Crippen molar-refractivity contribution in [2.45, 2.75) is 57.7 Å². The Balaban J connectivity index is 1.95. The molecule has 0 aliphatic carbocycles. The minimum absolute atomic E-state index is 0.0700. The van der Waals surface area contributed by atoms with Gasteiger partial charge < -0.3 is 20.3 Å². The van der Waals surface area contributed by atoms with Crippen molar-refractivity contribution < 1.29 is 14.3 Å². The number of nitrogens with zero attached hydrogens (tertiary/aromatic N) is 2. The van der Waals surface area contributed by atoms with Gasteiger partial charge in [0.15, 0.2) is 0 Å². The first-order valence-electron chi connectivity index (χ1n) is 7.29. The summed E-state index contributed by atoms with van der Waals surface area (Å²) >= 11 is 0. The smallest absolute Gasteiger partial charge is 0.410 e. The molecular weight excluding hydrogens is 258 g/mol. The van der Waals surface area contributed by atoms with E-state index in [1.54, 1.807) is 4.90 Å². The molecule has 0 spiro atoms. The van der Waals surface area contributed by atoms with Gasteiger partial charge in [-0.3, -0.25) is 4.79 Å². The number of amides is 2. The lowest BCUT2D eigenvalue weighted by molar-refractivity contribution is -0.130. The molecule has 2 saturated heterocycles. The highest BCUT2D eigenvalue weighted by atomic mass is 16.6. The number of nitrogens with two attached hydrogens (primary N) is 1. The largest absolute Gasteiger partial charge is 0.444 e. The van der Waals surface area contributed by atoms with E-state index in [9.17, 15) is 9.59 Å². The van der Waals surface area contributed by atoms with Crippen LogP contribution in [0.25, 0.3) is 0 Å². The Labute approximate surface area is 120 Å². The van der Waals surface area contributed by atoms with Crippen LogP contribution >= 0.6 is 0 Å². The predicted octanol–water partition coefficient (Wildman–Crippen LogP) is 0.946. The van der Waals surface area contributed by atoms with Crippen LogP contribution < -0.4 is 5.73 Å². The Hall–Kier alpha value is -1.30. The molecule has 2 N–H and O–H groups in total. The second-order valence-corrected chi connectivity index (χ2v) is 6.73. The second kappa shape index (κ2) is 5.60. The van der Waals surface area contributed by atoms with Crippen LogP contribution in [0.3, 0.4) is 0 Å². The first kappa shape index (κ1) is 15.1. The average Bonchev–Trinajstić information content (AvgIpc) is 2.66.